The quantitative estimate of drug-likeness (QED) is 0.721. The summed E-state index contributed by atoms with van der Waals surface area (Å²) in [7, 11) is 1.86. The summed E-state index contributed by atoms with van der Waals surface area (Å²) in [6.45, 7) is 1.47. The Kier molecular flexibility index (Phi) is 3.34. The standard InChI is InChI=1S/C16H16N4O3/c1-19-10-17-18-15(19)14-8-20(6-7-22-14)16(21)12-9-23-13-5-3-2-4-11(12)13/h2-5,9-10,14H,6-8H2,1H3/t14-/m0/s1. The number of furan rings is 1. The fourth-order valence-electron chi connectivity index (χ4n) is 2.89. The number of carbonyl (C=O) groups is 1. The van der Waals surface area contributed by atoms with Crippen LogP contribution in [0.2, 0.25) is 0 Å². The number of para-hydroxylation sites is 1. The summed E-state index contributed by atoms with van der Waals surface area (Å²) >= 11 is 0. The van der Waals surface area contributed by atoms with Crippen molar-refractivity contribution in [1.29, 1.82) is 0 Å². The molecule has 3 heterocycles. The summed E-state index contributed by atoms with van der Waals surface area (Å²) in [5.41, 5.74) is 1.30. The molecule has 1 saturated heterocycles. The first-order valence-electron chi connectivity index (χ1n) is 7.45. The van der Waals surface area contributed by atoms with Gasteiger partial charge in [-0.05, 0) is 6.07 Å². The predicted octanol–water partition coefficient (Wildman–Crippen LogP) is 1.77. The minimum Gasteiger partial charge on any atom is -0.463 e. The number of carbonyl (C=O) groups excluding carboxylic acids is 1. The summed E-state index contributed by atoms with van der Waals surface area (Å²) in [5, 5.41) is 8.78. The maximum Gasteiger partial charge on any atom is 0.257 e. The van der Waals surface area contributed by atoms with E-state index in [-0.39, 0.29) is 12.0 Å². The van der Waals surface area contributed by atoms with Crippen LogP contribution in [0.3, 0.4) is 0 Å². The summed E-state index contributed by atoms with van der Waals surface area (Å²) < 4.78 is 13.0. The van der Waals surface area contributed by atoms with Gasteiger partial charge in [0.1, 0.15) is 24.3 Å². The molecule has 0 radical (unpaired) electrons. The van der Waals surface area contributed by atoms with Crippen LogP contribution in [-0.2, 0) is 11.8 Å². The molecule has 7 heteroatoms. The van der Waals surface area contributed by atoms with Gasteiger partial charge in [-0.25, -0.2) is 0 Å². The molecule has 23 heavy (non-hydrogen) atoms. The van der Waals surface area contributed by atoms with E-state index >= 15 is 0 Å². The lowest BCUT2D eigenvalue weighted by Crippen LogP contribution is -2.42. The Balaban J connectivity index is 1.60. The van der Waals surface area contributed by atoms with E-state index in [2.05, 4.69) is 10.2 Å². The molecule has 1 aromatic carbocycles. The summed E-state index contributed by atoms with van der Waals surface area (Å²) in [5.74, 6) is 0.671. The molecule has 1 aliphatic rings. The van der Waals surface area contributed by atoms with Gasteiger partial charge in [0.2, 0.25) is 0 Å². The molecule has 0 saturated carbocycles. The topological polar surface area (TPSA) is 73.4 Å². The van der Waals surface area contributed by atoms with Crippen LogP contribution in [0, 0.1) is 0 Å². The Bertz CT molecular complexity index is 854. The van der Waals surface area contributed by atoms with Gasteiger partial charge in [0.25, 0.3) is 5.91 Å². The number of fused-ring (bicyclic) bond motifs is 1. The minimum absolute atomic E-state index is 0.0505. The smallest absolute Gasteiger partial charge is 0.257 e. The average molecular weight is 312 g/mol. The Hall–Kier alpha value is -2.67. The van der Waals surface area contributed by atoms with Crippen LogP contribution in [0.15, 0.2) is 41.3 Å². The summed E-state index contributed by atoms with van der Waals surface area (Å²) in [6, 6.07) is 7.54. The monoisotopic (exact) mass is 312 g/mol. The first kappa shape index (κ1) is 14.0. The third-order valence-corrected chi connectivity index (χ3v) is 4.10. The maximum atomic E-state index is 12.8. The fourth-order valence-corrected chi connectivity index (χ4v) is 2.89. The molecule has 7 nitrogen and oxygen atoms in total. The molecular weight excluding hydrogens is 296 g/mol. The molecule has 3 aromatic rings. The van der Waals surface area contributed by atoms with Gasteiger partial charge in [0, 0.05) is 19.0 Å². The van der Waals surface area contributed by atoms with Gasteiger partial charge in [0.15, 0.2) is 5.82 Å². The zero-order valence-electron chi connectivity index (χ0n) is 12.7. The lowest BCUT2D eigenvalue weighted by atomic mass is 10.1. The number of benzene rings is 1. The molecule has 0 spiro atoms. The second-order valence-corrected chi connectivity index (χ2v) is 5.56. The van der Waals surface area contributed by atoms with Crippen molar-refractivity contribution >= 4 is 16.9 Å². The van der Waals surface area contributed by atoms with Gasteiger partial charge in [-0.15, -0.1) is 10.2 Å². The Morgan fingerprint density at radius 3 is 3.04 bits per heavy atom. The van der Waals surface area contributed by atoms with Crippen LogP contribution >= 0.6 is 0 Å². The van der Waals surface area contributed by atoms with E-state index in [1.165, 1.54) is 6.26 Å². The van der Waals surface area contributed by atoms with Crippen LogP contribution < -0.4 is 0 Å². The Morgan fingerprint density at radius 1 is 1.35 bits per heavy atom. The number of amides is 1. The van der Waals surface area contributed by atoms with Gasteiger partial charge in [-0.1, -0.05) is 18.2 Å². The molecule has 1 atom stereocenters. The highest BCUT2D eigenvalue weighted by molar-refractivity contribution is 6.05. The maximum absolute atomic E-state index is 12.8. The van der Waals surface area contributed by atoms with E-state index in [9.17, 15) is 4.79 Å². The van der Waals surface area contributed by atoms with E-state index < -0.39 is 0 Å². The first-order chi connectivity index (χ1) is 11.2. The molecule has 0 bridgehead atoms. The van der Waals surface area contributed by atoms with Crippen molar-refractivity contribution in [3.05, 3.63) is 48.2 Å². The zero-order chi connectivity index (χ0) is 15.8. The molecular formula is C16H16N4O3. The lowest BCUT2D eigenvalue weighted by Gasteiger charge is -2.32. The number of nitrogens with zero attached hydrogens (tertiary/aromatic N) is 4. The molecule has 1 amide bonds. The van der Waals surface area contributed by atoms with Gasteiger partial charge < -0.3 is 18.6 Å². The minimum atomic E-state index is -0.265. The predicted molar refractivity (Wildman–Crippen MR) is 81.8 cm³/mol. The van der Waals surface area contributed by atoms with Crippen molar-refractivity contribution in [3.63, 3.8) is 0 Å². The summed E-state index contributed by atoms with van der Waals surface area (Å²) in [4.78, 5) is 14.6. The number of aryl methyl sites for hydroxylation is 1. The fraction of sp³-hybridized carbons (Fsp3) is 0.312. The highest BCUT2D eigenvalue weighted by Gasteiger charge is 2.30. The van der Waals surface area contributed by atoms with Crippen molar-refractivity contribution in [2.45, 2.75) is 6.10 Å². The molecule has 1 aliphatic heterocycles. The second kappa shape index (κ2) is 5.51. The number of ether oxygens (including phenoxy) is 1. The molecule has 0 aliphatic carbocycles. The highest BCUT2D eigenvalue weighted by atomic mass is 16.5. The van der Waals surface area contributed by atoms with Crippen LogP contribution in [0.4, 0.5) is 0 Å². The van der Waals surface area contributed by atoms with Gasteiger partial charge in [0.05, 0.1) is 18.7 Å². The molecule has 0 unspecified atom stereocenters. The largest absolute Gasteiger partial charge is 0.463 e. The van der Waals surface area contributed by atoms with E-state index in [0.717, 1.165) is 11.2 Å². The van der Waals surface area contributed by atoms with E-state index in [1.807, 2.05) is 35.9 Å². The number of aromatic nitrogens is 3. The van der Waals surface area contributed by atoms with E-state index in [1.54, 1.807) is 11.2 Å². The van der Waals surface area contributed by atoms with Crippen LogP contribution in [0.5, 0.6) is 0 Å². The highest BCUT2D eigenvalue weighted by Crippen LogP contribution is 2.25. The number of hydrogen-bond acceptors (Lipinski definition) is 5. The van der Waals surface area contributed by atoms with Crippen LogP contribution in [0.1, 0.15) is 22.3 Å². The van der Waals surface area contributed by atoms with E-state index in [0.29, 0.717) is 30.8 Å². The van der Waals surface area contributed by atoms with Crippen molar-refractivity contribution in [1.82, 2.24) is 19.7 Å². The van der Waals surface area contributed by atoms with Crippen molar-refractivity contribution in [3.8, 4) is 0 Å². The number of hydrogen-bond donors (Lipinski definition) is 0. The SMILES string of the molecule is Cn1cnnc1[C@@H]1CN(C(=O)c2coc3ccccc23)CCO1. The molecule has 0 N–H and O–H groups in total. The molecule has 118 valence electrons. The van der Waals surface area contributed by atoms with Crippen LogP contribution in [-0.4, -0.2) is 45.3 Å². The van der Waals surface area contributed by atoms with E-state index in [4.69, 9.17) is 9.15 Å². The normalized spacial score (nSPS) is 18.5. The zero-order valence-corrected chi connectivity index (χ0v) is 12.7. The third kappa shape index (κ3) is 2.39. The number of rotatable bonds is 2. The average Bonchev–Trinajstić information content (AvgIpc) is 3.20. The first-order valence-corrected chi connectivity index (χ1v) is 7.45. The van der Waals surface area contributed by atoms with Gasteiger partial charge in [-0.2, -0.15) is 0 Å². The second-order valence-electron chi connectivity index (χ2n) is 5.56. The lowest BCUT2D eigenvalue weighted by molar-refractivity contribution is -0.0280. The molecule has 4 rings (SSSR count). The van der Waals surface area contributed by atoms with Gasteiger partial charge >= 0.3 is 0 Å². The third-order valence-electron chi connectivity index (χ3n) is 4.10. The van der Waals surface area contributed by atoms with Gasteiger partial charge in [-0.3, -0.25) is 4.79 Å². The van der Waals surface area contributed by atoms with Crippen molar-refractivity contribution in [2.24, 2.45) is 7.05 Å². The van der Waals surface area contributed by atoms with Crippen LogP contribution in [0.25, 0.3) is 11.0 Å². The Morgan fingerprint density at radius 2 is 2.22 bits per heavy atom. The Labute approximate surface area is 132 Å². The summed E-state index contributed by atoms with van der Waals surface area (Å²) in [6.07, 6.45) is 2.89. The molecule has 2 aromatic heterocycles. The molecule has 1 fully saturated rings. The van der Waals surface area contributed by atoms with Crippen molar-refractivity contribution < 1.29 is 13.9 Å². The number of morpholine rings is 1. The van der Waals surface area contributed by atoms with Crippen molar-refractivity contribution in [2.75, 3.05) is 19.7 Å².